The number of aromatic nitrogens is 1. The number of rotatable bonds is 7. The molecule has 0 saturated carbocycles. The van der Waals surface area contributed by atoms with Crippen LogP contribution in [-0.2, 0) is 10.5 Å². The molecule has 1 rings (SSSR count). The summed E-state index contributed by atoms with van der Waals surface area (Å²) < 4.78 is 11.1. The van der Waals surface area contributed by atoms with E-state index in [1.54, 1.807) is 18.9 Å². The van der Waals surface area contributed by atoms with Crippen LogP contribution in [0.25, 0.3) is 0 Å². The van der Waals surface area contributed by atoms with Crippen LogP contribution in [0.5, 0.6) is 5.19 Å². The summed E-state index contributed by atoms with van der Waals surface area (Å²) in [4.78, 5) is 15.8. The molecule has 22 heavy (non-hydrogen) atoms. The predicted octanol–water partition coefficient (Wildman–Crippen LogP) is 3.48. The first-order valence-electron chi connectivity index (χ1n) is 6.50. The summed E-state index contributed by atoms with van der Waals surface area (Å²) in [5, 5.41) is 14.1. The maximum atomic E-state index is 11.5. The van der Waals surface area contributed by atoms with Crippen LogP contribution in [0.2, 0.25) is 0 Å². The summed E-state index contributed by atoms with van der Waals surface area (Å²) in [6, 6.07) is 0. The van der Waals surface area contributed by atoms with Crippen molar-refractivity contribution >= 4 is 41.0 Å². The molecule has 0 saturated heterocycles. The third-order valence-corrected chi connectivity index (χ3v) is 4.94. The summed E-state index contributed by atoms with van der Waals surface area (Å²) in [6.45, 7) is 5.99. The van der Waals surface area contributed by atoms with E-state index >= 15 is 0 Å². The van der Waals surface area contributed by atoms with E-state index in [1.165, 1.54) is 11.3 Å². The second-order valence-electron chi connectivity index (χ2n) is 5.09. The second-order valence-corrected chi connectivity index (χ2v) is 8.21. The quantitative estimate of drug-likeness (QED) is 0.452. The number of nitriles is 1. The van der Waals surface area contributed by atoms with E-state index < -0.39 is 11.7 Å². The number of carbonyl (C=O) groups is 1. The molecular weight excluding hydrogens is 342 g/mol. The molecule has 1 aromatic heterocycles. The minimum atomic E-state index is -0.488. The van der Waals surface area contributed by atoms with Crippen LogP contribution in [0.1, 0.15) is 26.5 Å². The molecule has 1 aromatic rings. The Hall–Kier alpha value is -1.11. The summed E-state index contributed by atoms with van der Waals surface area (Å²) in [6.07, 6.45) is -0.413. The van der Waals surface area contributed by atoms with Crippen LogP contribution in [0.4, 0.5) is 4.79 Å². The minimum Gasteiger partial charge on any atom is -0.473 e. The number of thiocyanates is 1. The van der Waals surface area contributed by atoms with E-state index in [2.05, 4.69) is 10.3 Å². The molecule has 0 aliphatic heterocycles. The topological polar surface area (TPSA) is 84.2 Å². The average Bonchev–Trinajstić information content (AvgIpc) is 2.79. The Bertz CT molecular complexity index is 535. The molecule has 0 unspecified atom stereocenters. The van der Waals surface area contributed by atoms with Crippen LogP contribution in [0.3, 0.4) is 0 Å². The van der Waals surface area contributed by atoms with E-state index in [9.17, 15) is 4.79 Å². The zero-order chi connectivity index (χ0) is 16.6. The lowest BCUT2D eigenvalue weighted by molar-refractivity contribution is 0.0531. The van der Waals surface area contributed by atoms with Crippen molar-refractivity contribution in [2.45, 2.75) is 36.3 Å². The zero-order valence-electron chi connectivity index (χ0n) is 13.0. The van der Waals surface area contributed by atoms with E-state index in [0.717, 1.165) is 27.4 Å². The minimum absolute atomic E-state index is 0.413. The Morgan fingerprint density at radius 2 is 2.23 bits per heavy atom. The third kappa shape index (κ3) is 7.24. The Morgan fingerprint density at radius 3 is 2.82 bits per heavy atom. The largest absolute Gasteiger partial charge is 0.473 e. The molecule has 0 atom stereocenters. The number of thiazole rings is 1. The van der Waals surface area contributed by atoms with Crippen molar-refractivity contribution in [3.05, 3.63) is 5.69 Å². The molecule has 9 heteroatoms. The molecule has 0 aliphatic carbocycles. The number of carbonyl (C=O) groups excluding carboxylic acids is 1. The number of thioether (sulfide) groups is 2. The number of nitrogens with zero attached hydrogens (tertiary/aromatic N) is 2. The number of hydrogen-bond acceptors (Lipinski definition) is 8. The lowest BCUT2D eigenvalue weighted by atomic mass is 10.2. The maximum absolute atomic E-state index is 11.5. The first kappa shape index (κ1) is 18.9. The average molecular weight is 362 g/mol. The highest BCUT2D eigenvalue weighted by Crippen LogP contribution is 2.34. The van der Waals surface area contributed by atoms with Crippen molar-refractivity contribution in [3.63, 3.8) is 0 Å². The molecular formula is C13H19N3O3S3. The highest BCUT2D eigenvalue weighted by atomic mass is 32.2. The van der Waals surface area contributed by atoms with E-state index in [0.29, 0.717) is 17.5 Å². The van der Waals surface area contributed by atoms with Gasteiger partial charge < -0.3 is 14.8 Å². The van der Waals surface area contributed by atoms with Gasteiger partial charge in [0.1, 0.15) is 15.2 Å². The molecule has 1 amide bonds. The maximum Gasteiger partial charge on any atom is 0.407 e. The van der Waals surface area contributed by atoms with Crippen LogP contribution >= 0.6 is 34.9 Å². The van der Waals surface area contributed by atoms with Crippen molar-refractivity contribution < 1.29 is 14.3 Å². The van der Waals surface area contributed by atoms with Crippen LogP contribution < -0.4 is 10.1 Å². The zero-order valence-corrected chi connectivity index (χ0v) is 15.4. The van der Waals surface area contributed by atoms with Crippen LogP contribution in [0, 0.1) is 10.7 Å². The SMILES string of the molecule is COc1nc(CSCCNC(=O)OC(C)(C)C)c(SC#N)s1. The van der Waals surface area contributed by atoms with Gasteiger partial charge in [-0.2, -0.15) is 17.0 Å². The van der Waals surface area contributed by atoms with Crippen LogP contribution in [0.15, 0.2) is 4.21 Å². The predicted molar refractivity (Wildman–Crippen MR) is 90.5 cm³/mol. The number of nitrogens with one attached hydrogen (secondary N) is 1. The Balaban J connectivity index is 2.32. The fourth-order valence-corrected chi connectivity index (χ4v) is 3.74. The summed E-state index contributed by atoms with van der Waals surface area (Å²) in [7, 11) is 1.56. The van der Waals surface area contributed by atoms with E-state index in [-0.39, 0.29) is 0 Å². The van der Waals surface area contributed by atoms with Gasteiger partial charge >= 0.3 is 6.09 Å². The van der Waals surface area contributed by atoms with Gasteiger partial charge in [0.25, 0.3) is 5.19 Å². The smallest absolute Gasteiger partial charge is 0.407 e. The first-order chi connectivity index (χ1) is 10.4. The summed E-state index contributed by atoms with van der Waals surface area (Å²) >= 11 is 4.08. The van der Waals surface area contributed by atoms with Gasteiger partial charge in [-0.05, 0) is 20.8 Å². The van der Waals surface area contributed by atoms with Gasteiger partial charge in [0.15, 0.2) is 0 Å². The lowest BCUT2D eigenvalue weighted by Gasteiger charge is -2.19. The monoisotopic (exact) mass is 361 g/mol. The fourth-order valence-electron chi connectivity index (χ4n) is 1.32. The number of hydrogen-bond donors (Lipinski definition) is 1. The lowest BCUT2D eigenvalue weighted by Crippen LogP contribution is -2.33. The molecule has 0 spiro atoms. The highest BCUT2D eigenvalue weighted by Gasteiger charge is 2.16. The number of ether oxygens (including phenoxy) is 2. The summed E-state index contributed by atoms with van der Waals surface area (Å²) in [5.41, 5.74) is 0.355. The molecule has 122 valence electrons. The summed E-state index contributed by atoms with van der Waals surface area (Å²) in [5.74, 6) is 1.40. The molecule has 0 radical (unpaired) electrons. The number of amides is 1. The second kappa shape index (κ2) is 9.12. The molecule has 0 aliphatic rings. The van der Waals surface area contributed by atoms with Gasteiger partial charge in [0, 0.05) is 29.8 Å². The standard InChI is InChI=1S/C13H19N3O3S3/c1-13(2,3)19-11(17)15-5-6-20-7-9-10(21-8-14)22-12(16-9)18-4/h5-7H2,1-4H3,(H,15,17). The molecule has 1 N–H and O–H groups in total. The molecule has 6 nitrogen and oxygen atoms in total. The van der Waals surface area contributed by atoms with Gasteiger partial charge in [-0.1, -0.05) is 11.3 Å². The number of alkyl carbamates (subject to hydrolysis) is 1. The van der Waals surface area contributed by atoms with Gasteiger partial charge in [-0.15, -0.1) is 0 Å². The third-order valence-electron chi connectivity index (χ3n) is 2.11. The van der Waals surface area contributed by atoms with Gasteiger partial charge in [0.2, 0.25) is 0 Å². The first-order valence-corrected chi connectivity index (χ1v) is 9.28. The van der Waals surface area contributed by atoms with E-state index in [1.807, 2.05) is 26.2 Å². The molecule has 0 aromatic carbocycles. The Kier molecular flexibility index (Phi) is 7.85. The molecule has 0 fully saturated rings. The van der Waals surface area contributed by atoms with Crippen molar-refractivity contribution in [2.24, 2.45) is 0 Å². The fraction of sp³-hybridized carbons (Fsp3) is 0.615. The van der Waals surface area contributed by atoms with Crippen molar-refractivity contribution in [1.29, 1.82) is 5.26 Å². The molecule has 0 bridgehead atoms. The normalized spacial score (nSPS) is 10.9. The van der Waals surface area contributed by atoms with Gasteiger partial charge in [0.05, 0.1) is 12.8 Å². The van der Waals surface area contributed by atoms with Crippen molar-refractivity contribution in [2.75, 3.05) is 19.4 Å². The van der Waals surface area contributed by atoms with Gasteiger partial charge in [-0.3, -0.25) is 0 Å². The number of methoxy groups -OCH3 is 1. The van der Waals surface area contributed by atoms with Crippen LogP contribution in [-0.4, -0.2) is 36.1 Å². The van der Waals surface area contributed by atoms with E-state index in [4.69, 9.17) is 14.7 Å². The van der Waals surface area contributed by atoms with Crippen molar-refractivity contribution in [1.82, 2.24) is 10.3 Å². The van der Waals surface area contributed by atoms with Gasteiger partial charge in [-0.25, -0.2) is 9.78 Å². The molecule has 1 heterocycles. The Labute approximate surface area is 143 Å². The highest BCUT2D eigenvalue weighted by molar-refractivity contribution is 8.05. The Morgan fingerprint density at radius 1 is 1.50 bits per heavy atom. The van der Waals surface area contributed by atoms with Crippen molar-refractivity contribution in [3.8, 4) is 10.6 Å².